The van der Waals surface area contributed by atoms with Crippen molar-refractivity contribution in [3.05, 3.63) is 30.9 Å². The Bertz CT molecular complexity index is 500. The summed E-state index contributed by atoms with van der Waals surface area (Å²) in [6.45, 7) is 10.3. The Morgan fingerprint density at radius 1 is 1.04 bits per heavy atom. The first-order chi connectivity index (χ1) is 12.1. The molecule has 0 aliphatic carbocycles. The first kappa shape index (κ1) is 24.7. The molecule has 0 fully saturated rings. The highest BCUT2D eigenvalue weighted by molar-refractivity contribution is 5.86. The van der Waals surface area contributed by atoms with Crippen LogP contribution in [0.1, 0.15) is 78.1 Å². The van der Waals surface area contributed by atoms with E-state index in [2.05, 4.69) is 41.4 Å². The number of carbonyl (C=O) groups is 1. The number of unbranched alkanes of at least 4 members (excludes halogenated alkanes) is 8. The van der Waals surface area contributed by atoms with Gasteiger partial charge < -0.3 is 17.1 Å². The monoisotopic (exact) mass is 384 g/mol. The quantitative estimate of drug-likeness (QED) is 0.200. The van der Waals surface area contributed by atoms with Gasteiger partial charge in [0.25, 0.3) is 0 Å². The average Bonchev–Trinajstić information content (AvgIpc) is 3.04. The summed E-state index contributed by atoms with van der Waals surface area (Å²) in [6.07, 6.45) is 18.9. The molecular formula is C21H37ClN2O2. The van der Waals surface area contributed by atoms with Crippen molar-refractivity contribution in [2.24, 2.45) is 0 Å². The van der Waals surface area contributed by atoms with E-state index in [9.17, 15) is 4.79 Å². The zero-order valence-electron chi connectivity index (χ0n) is 16.7. The Hall–Kier alpha value is -1.29. The van der Waals surface area contributed by atoms with Crippen molar-refractivity contribution in [1.29, 1.82) is 0 Å². The van der Waals surface area contributed by atoms with Crippen LogP contribution >= 0.6 is 0 Å². The van der Waals surface area contributed by atoms with Gasteiger partial charge in [0.15, 0.2) is 0 Å². The van der Waals surface area contributed by atoms with Crippen molar-refractivity contribution in [2.45, 2.75) is 91.1 Å². The van der Waals surface area contributed by atoms with Gasteiger partial charge >= 0.3 is 5.97 Å². The molecule has 0 spiro atoms. The van der Waals surface area contributed by atoms with E-state index in [1.54, 1.807) is 6.92 Å². The molecule has 0 aliphatic rings. The summed E-state index contributed by atoms with van der Waals surface area (Å²) in [6, 6.07) is 0. The van der Waals surface area contributed by atoms with Crippen LogP contribution in [0.3, 0.4) is 0 Å². The molecular weight excluding hydrogens is 348 g/mol. The summed E-state index contributed by atoms with van der Waals surface area (Å²) in [5.41, 5.74) is 0.479. The standard InChI is InChI=1S/C21H37N2O2.ClH/c1-4-5-6-11-14-22-16-17-23(19-22)15-12-9-7-8-10-13-18-25-21(24)20(2)3;/h16-17,19H,2,4-15,18H2,1,3H3;1H/q+1;/p-1. The molecule has 0 aliphatic heterocycles. The Balaban J connectivity index is 0.00000625. The second-order valence-corrected chi connectivity index (χ2v) is 6.99. The van der Waals surface area contributed by atoms with E-state index < -0.39 is 0 Å². The molecule has 0 unspecified atom stereocenters. The van der Waals surface area contributed by atoms with Gasteiger partial charge in [0, 0.05) is 5.57 Å². The van der Waals surface area contributed by atoms with Crippen LogP contribution < -0.4 is 17.0 Å². The minimum absolute atomic E-state index is 0. The lowest BCUT2D eigenvalue weighted by molar-refractivity contribution is -0.696. The van der Waals surface area contributed by atoms with Crippen LogP contribution in [-0.4, -0.2) is 17.1 Å². The average molecular weight is 385 g/mol. The van der Waals surface area contributed by atoms with Gasteiger partial charge in [0.1, 0.15) is 12.4 Å². The van der Waals surface area contributed by atoms with Gasteiger partial charge in [-0.25, -0.2) is 13.9 Å². The number of aryl methyl sites for hydroxylation is 2. The number of hydrogen-bond donors (Lipinski definition) is 0. The summed E-state index contributed by atoms with van der Waals surface area (Å²) in [4.78, 5) is 11.2. The molecule has 0 saturated carbocycles. The maximum Gasteiger partial charge on any atom is 0.333 e. The predicted octanol–water partition coefficient (Wildman–Crippen LogP) is 1.82. The zero-order valence-corrected chi connectivity index (χ0v) is 17.5. The zero-order chi connectivity index (χ0) is 18.3. The lowest BCUT2D eigenvalue weighted by Gasteiger charge is -2.04. The van der Waals surface area contributed by atoms with Crippen LogP contribution in [-0.2, 0) is 22.6 Å². The fraction of sp³-hybridized carbons (Fsp3) is 0.714. The molecule has 0 amide bonds. The van der Waals surface area contributed by atoms with Gasteiger partial charge in [-0.1, -0.05) is 45.6 Å². The van der Waals surface area contributed by atoms with E-state index in [1.807, 2.05) is 0 Å². The summed E-state index contributed by atoms with van der Waals surface area (Å²) < 4.78 is 9.70. The van der Waals surface area contributed by atoms with E-state index in [0.717, 1.165) is 25.9 Å². The number of nitrogens with zero attached hydrogens (tertiary/aromatic N) is 2. The molecule has 0 N–H and O–H groups in total. The van der Waals surface area contributed by atoms with Crippen molar-refractivity contribution in [3.8, 4) is 0 Å². The van der Waals surface area contributed by atoms with Gasteiger partial charge in [-0.15, -0.1) is 0 Å². The number of halogens is 1. The molecule has 0 aromatic carbocycles. The van der Waals surface area contributed by atoms with Gasteiger partial charge in [0.2, 0.25) is 6.33 Å². The van der Waals surface area contributed by atoms with Crippen LogP contribution in [0.2, 0.25) is 0 Å². The number of aromatic nitrogens is 2. The Labute approximate surface area is 166 Å². The van der Waals surface area contributed by atoms with Gasteiger partial charge in [0.05, 0.1) is 19.7 Å². The van der Waals surface area contributed by atoms with Crippen LogP contribution in [0.15, 0.2) is 30.9 Å². The third kappa shape index (κ3) is 12.1. The molecule has 0 atom stereocenters. The lowest BCUT2D eigenvalue weighted by atomic mass is 10.1. The van der Waals surface area contributed by atoms with Crippen molar-refractivity contribution in [1.82, 2.24) is 4.57 Å². The number of hydrogen-bond acceptors (Lipinski definition) is 2. The minimum Gasteiger partial charge on any atom is -1.00 e. The first-order valence-electron chi connectivity index (χ1n) is 10.0. The second kappa shape index (κ2) is 15.9. The predicted molar refractivity (Wildman–Crippen MR) is 102 cm³/mol. The van der Waals surface area contributed by atoms with E-state index >= 15 is 0 Å². The topological polar surface area (TPSA) is 35.1 Å². The van der Waals surface area contributed by atoms with Crippen LogP contribution in [0, 0.1) is 0 Å². The third-order valence-electron chi connectivity index (χ3n) is 4.41. The SMILES string of the molecule is C=C(C)C(=O)OCCCCCCCC[n+]1ccn(CCCCCC)c1.[Cl-]. The van der Waals surface area contributed by atoms with Gasteiger partial charge in [-0.2, -0.15) is 0 Å². The second-order valence-electron chi connectivity index (χ2n) is 6.99. The molecule has 4 nitrogen and oxygen atoms in total. The number of carbonyl (C=O) groups excluding carboxylic acids is 1. The highest BCUT2D eigenvalue weighted by atomic mass is 35.5. The molecule has 1 aromatic rings. The van der Waals surface area contributed by atoms with Gasteiger partial charge in [-0.05, 0) is 39.0 Å². The molecule has 0 saturated heterocycles. The van der Waals surface area contributed by atoms with Crippen molar-refractivity contribution in [3.63, 3.8) is 0 Å². The number of esters is 1. The maximum absolute atomic E-state index is 11.2. The van der Waals surface area contributed by atoms with Gasteiger partial charge in [-0.3, -0.25) is 0 Å². The molecule has 1 rings (SSSR count). The molecule has 0 radical (unpaired) electrons. The van der Waals surface area contributed by atoms with E-state index in [-0.39, 0.29) is 18.4 Å². The maximum atomic E-state index is 11.2. The fourth-order valence-corrected chi connectivity index (χ4v) is 2.82. The highest BCUT2D eigenvalue weighted by Gasteiger charge is 2.04. The van der Waals surface area contributed by atoms with Crippen molar-refractivity contribution >= 4 is 5.97 Å². The largest absolute Gasteiger partial charge is 1.00 e. The third-order valence-corrected chi connectivity index (χ3v) is 4.41. The summed E-state index contributed by atoms with van der Waals surface area (Å²) in [5.74, 6) is -0.269. The first-order valence-corrected chi connectivity index (χ1v) is 10.0. The molecule has 5 heteroatoms. The summed E-state index contributed by atoms with van der Waals surface area (Å²) in [5, 5.41) is 0. The van der Waals surface area contributed by atoms with Crippen molar-refractivity contribution in [2.75, 3.05) is 6.61 Å². The van der Waals surface area contributed by atoms with Crippen LogP contribution in [0.4, 0.5) is 0 Å². The molecule has 26 heavy (non-hydrogen) atoms. The smallest absolute Gasteiger partial charge is 0.333 e. The van der Waals surface area contributed by atoms with E-state index in [4.69, 9.17) is 4.74 Å². The Kier molecular flexibility index (Phi) is 15.1. The molecule has 150 valence electrons. The number of rotatable bonds is 15. The van der Waals surface area contributed by atoms with Crippen LogP contribution in [0.25, 0.3) is 0 Å². The van der Waals surface area contributed by atoms with Crippen molar-refractivity contribution < 1.29 is 26.5 Å². The fourth-order valence-electron chi connectivity index (χ4n) is 2.82. The number of imidazole rings is 1. The Morgan fingerprint density at radius 3 is 2.38 bits per heavy atom. The molecule has 1 heterocycles. The summed E-state index contributed by atoms with van der Waals surface area (Å²) in [7, 11) is 0. The molecule has 0 bridgehead atoms. The summed E-state index contributed by atoms with van der Waals surface area (Å²) >= 11 is 0. The van der Waals surface area contributed by atoms with E-state index in [0.29, 0.717) is 12.2 Å². The highest BCUT2D eigenvalue weighted by Crippen LogP contribution is 2.06. The normalized spacial score (nSPS) is 10.4. The Morgan fingerprint density at radius 2 is 1.69 bits per heavy atom. The lowest BCUT2D eigenvalue weighted by Crippen LogP contribution is -3.00. The minimum atomic E-state index is -0.269. The van der Waals surface area contributed by atoms with E-state index in [1.165, 1.54) is 51.4 Å². The van der Waals surface area contributed by atoms with Crippen LogP contribution in [0.5, 0.6) is 0 Å². The molecule has 1 aromatic heterocycles. The number of ether oxygens (including phenoxy) is 1.